The maximum atomic E-state index is 12.4. The van der Waals surface area contributed by atoms with Crippen LogP contribution in [0.25, 0.3) is 22.0 Å². The molecule has 1 aliphatic heterocycles. The molecule has 0 unspecified atom stereocenters. The molecule has 36 heavy (non-hydrogen) atoms. The predicted molar refractivity (Wildman–Crippen MR) is 140 cm³/mol. The van der Waals surface area contributed by atoms with Crippen molar-refractivity contribution in [3.63, 3.8) is 0 Å². The van der Waals surface area contributed by atoms with Gasteiger partial charge in [-0.3, -0.25) is 0 Å². The third-order valence-corrected chi connectivity index (χ3v) is 6.88. The largest absolute Gasteiger partial charge is 0.467 e. The Kier molecular flexibility index (Phi) is 6.88. The third kappa shape index (κ3) is 4.91. The second kappa shape index (κ2) is 10.4. The number of hydrogen-bond donors (Lipinski definition) is 1. The highest BCUT2D eigenvalue weighted by molar-refractivity contribution is 5.79. The Morgan fingerprint density at radius 3 is 2.64 bits per heavy atom. The van der Waals surface area contributed by atoms with Crippen molar-refractivity contribution in [1.82, 2.24) is 14.5 Å². The molecule has 0 bridgehead atoms. The lowest BCUT2D eigenvalue weighted by Gasteiger charge is -2.32. The van der Waals surface area contributed by atoms with Crippen LogP contribution in [0, 0.1) is 0 Å². The summed E-state index contributed by atoms with van der Waals surface area (Å²) in [7, 11) is 0. The molecule has 0 saturated carbocycles. The van der Waals surface area contributed by atoms with Crippen molar-refractivity contribution in [1.29, 1.82) is 0 Å². The molecule has 186 valence electrons. The fraction of sp³-hybridized carbons (Fsp3) is 0.286. The lowest BCUT2D eigenvalue weighted by Crippen LogP contribution is -2.40. The molecule has 0 radical (unpaired) electrons. The van der Waals surface area contributed by atoms with E-state index in [4.69, 9.17) is 13.8 Å². The smallest absolute Gasteiger partial charge is 0.339 e. The minimum Gasteiger partial charge on any atom is -0.467 e. The number of anilines is 1. The maximum absolute atomic E-state index is 12.4. The number of imidazole rings is 1. The number of para-hydroxylation sites is 3. The van der Waals surface area contributed by atoms with Gasteiger partial charge in [0.25, 0.3) is 0 Å². The second-order valence-electron chi connectivity index (χ2n) is 9.20. The molecular formula is C28H30N4O4. The fourth-order valence-electron chi connectivity index (χ4n) is 4.95. The molecule has 4 heterocycles. The van der Waals surface area contributed by atoms with Gasteiger partial charge in [0.05, 0.1) is 23.8 Å². The van der Waals surface area contributed by atoms with Crippen molar-refractivity contribution in [3.05, 3.63) is 94.7 Å². The van der Waals surface area contributed by atoms with E-state index in [1.807, 2.05) is 60.7 Å². The number of rotatable bonds is 7. The van der Waals surface area contributed by atoms with Gasteiger partial charge in [-0.25, -0.2) is 9.78 Å². The van der Waals surface area contributed by atoms with E-state index in [0.717, 1.165) is 66.2 Å². The molecule has 1 fully saturated rings. The molecule has 2 aromatic carbocycles. The van der Waals surface area contributed by atoms with Crippen LogP contribution < -0.4 is 10.9 Å². The van der Waals surface area contributed by atoms with Crippen molar-refractivity contribution in [2.24, 2.45) is 0 Å². The van der Waals surface area contributed by atoms with Gasteiger partial charge >= 0.3 is 5.63 Å². The summed E-state index contributed by atoms with van der Waals surface area (Å²) >= 11 is 0. The molecule has 1 aliphatic rings. The van der Waals surface area contributed by atoms with Crippen LogP contribution in [0.4, 0.5) is 5.95 Å². The van der Waals surface area contributed by atoms with E-state index >= 15 is 0 Å². The first kappa shape index (κ1) is 23.8. The normalized spacial score (nSPS) is 14.8. The number of furan rings is 1. The van der Waals surface area contributed by atoms with E-state index < -0.39 is 0 Å². The van der Waals surface area contributed by atoms with Gasteiger partial charge in [-0.1, -0.05) is 30.3 Å². The molecule has 0 aliphatic carbocycles. The lowest BCUT2D eigenvalue weighted by atomic mass is 10.0. The van der Waals surface area contributed by atoms with Crippen molar-refractivity contribution in [2.45, 2.75) is 31.8 Å². The number of benzene rings is 2. The Balaban J connectivity index is 0.00000267. The van der Waals surface area contributed by atoms with Crippen LogP contribution in [0.1, 0.15) is 24.2 Å². The van der Waals surface area contributed by atoms with Crippen molar-refractivity contribution < 1.29 is 14.3 Å². The van der Waals surface area contributed by atoms with E-state index in [0.29, 0.717) is 24.6 Å². The zero-order chi connectivity index (χ0) is 23.6. The van der Waals surface area contributed by atoms with Gasteiger partial charge in [0, 0.05) is 36.6 Å². The first-order chi connectivity index (χ1) is 17.2. The number of fused-ring (bicyclic) bond motifs is 2. The molecule has 0 atom stereocenters. The zero-order valence-corrected chi connectivity index (χ0v) is 20.0. The molecule has 3 aromatic heterocycles. The predicted octanol–water partition coefficient (Wildman–Crippen LogP) is 4.08. The number of nitrogens with one attached hydrogen (secondary N) is 1. The summed E-state index contributed by atoms with van der Waals surface area (Å²) in [5.74, 6) is 1.79. The van der Waals surface area contributed by atoms with Crippen LogP contribution in [0.5, 0.6) is 0 Å². The summed E-state index contributed by atoms with van der Waals surface area (Å²) in [6.07, 6.45) is 4.45. The number of likely N-dealkylation sites (tertiary alicyclic amines) is 1. The van der Waals surface area contributed by atoms with Gasteiger partial charge in [-0.15, -0.1) is 0 Å². The molecule has 8 nitrogen and oxygen atoms in total. The highest BCUT2D eigenvalue weighted by atomic mass is 16.4. The Bertz CT molecular complexity index is 1500. The van der Waals surface area contributed by atoms with E-state index in [1.165, 1.54) is 0 Å². The van der Waals surface area contributed by atoms with Crippen LogP contribution in [-0.2, 0) is 13.0 Å². The standard InChI is InChI=1S/C28H28N4O3.H2O/c33-27-21(18-20-6-1-4-10-26(20)35-27)11-14-31-15-12-22(13-16-31)29-28-30-24-8-2-3-9-25(24)32(28)19-23-7-5-17-34-23;/h1-10,17-18,22H,11-16,19H2,(H,29,30);1H2. The Hall–Kier alpha value is -3.88. The van der Waals surface area contributed by atoms with Crippen molar-refractivity contribution in [3.8, 4) is 0 Å². The minimum atomic E-state index is -0.226. The van der Waals surface area contributed by atoms with Crippen LogP contribution in [-0.4, -0.2) is 45.6 Å². The van der Waals surface area contributed by atoms with Crippen LogP contribution in [0.3, 0.4) is 0 Å². The van der Waals surface area contributed by atoms with Crippen molar-refractivity contribution >= 4 is 28.0 Å². The lowest BCUT2D eigenvalue weighted by molar-refractivity contribution is 0.220. The molecule has 0 spiro atoms. The average molecular weight is 487 g/mol. The van der Waals surface area contributed by atoms with Crippen LogP contribution in [0.15, 0.2) is 86.6 Å². The topological polar surface area (TPSA) is 108 Å². The second-order valence-corrected chi connectivity index (χ2v) is 9.20. The summed E-state index contributed by atoms with van der Waals surface area (Å²) in [6, 6.07) is 22.1. The molecular weight excluding hydrogens is 456 g/mol. The Morgan fingerprint density at radius 1 is 1.00 bits per heavy atom. The Morgan fingerprint density at radius 2 is 1.81 bits per heavy atom. The van der Waals surface area contributed by atoms with Gasteiger partial charge in [-0.2, -0.15) is 0 Å². The molecule has 5 aromatic rings. The quantitative estimate of drug-likeness (QED) is 0.347. The summed E-state index contributed by atoms with van der Waals surface area (Å²) in [5, 5.41) is 4.67. The third-order valence-electron chi connectivity index (χ3n) is 6.88. The summed E-state index contributed by atoms with van der Waals surface area (Å²) in [5.41, 5.74) is 3.24. The number of aromatic nitrogens is 2. The van der Waals surface area contributed by atoms with E-state index in [2.05, 4.69) is 20.9 Å². The zero-order valence-electron chi connectivity index (χ0n) is 20.0. The summed E-state index contributed by atoms with van der Waals surface area (Å²) in [4.78, 5) is 19.7. The van der Waals surface area contributed by atoms with Gasteiger partial charge in [0.15, 0.2) is 0 Å². The molecule has 3 N–H and O–H groups in total. The molecule has 8 heteroatoms. The monoisotopic (exact) mass is 486 g/mol. The van der Waals surface area contributed by atoms with E-state index in [9.17, 15) is 4.79 Å². The summed E-state index contributed by atoms with van der Waals surface area (Å²) in [6.45, 7) is 3.46. The van der Waals surface area contributed by atoms with Crippen LogP contribution >= 0.6 is 0 Å². The molecule has 0 amide bonds. The van der Waals surface area contributed by atoms with Gasteiger partial charge < -0.3 is 29.1 Å². The number of hydrogen-bond acceptors (Lipinski definition) is 6. The number of nitrogens with zero attached hydrogens (tertiary/aromatic N) is 3. The van der Waals surface area contributed by atoms with E-state index in [1.54, 1.807) is 6.26 Å². The Labute approximate surface area is 208 Å². The van der Waals surface area contributed by atoms with Crippen LogP contribution in [0.2, 0.25) is 0 Å². The van der Waals surface area contributed by atoms with Gasteiger partial charge in [-0.05, 0) is 55.7 Å². The first-order valence-electron chi connectivity index (χ1n) is 12.2. The average Bonchev–Trinajstić information content (AvgIpc) is 3.52. The van der Waals surface area contributed by atoms with E-state index in [-0.39, 0.29) is 11.1 Å². The summed E-state index contributed by atoms with van der Waals surface area (Å²) < 4.78 is 13.3. The number of piperidine rings is 1. The molecule has 1 saturated heterocycles. The molecule has 6 rings (SSSR count). The first-order valence-corrected chi connectivity index (χ1v) is 12.2. The minimum absolute atomic E-state index is 0. The fourth-order valence-corrected chi connectivity index (χ4v) is 4.95. The van der Waals surface area contributed by atoms with Gasteiger partial charge in [0.2, 0.25) is 5.95 Å². The highest BCUT2D eigenvalue weighted by Gasteiger charge is 2.22. The van der Waals surface area contributed by atoms with Crippen molar-refractivity contribution in [2.75, 3.05) is 25.0 Å². The SMILES string of the molecule is O.O=c1oc2ccccc2cc1CCN1CCC(Nc2nc3ccccc3n2Cc2ccco2)CC1. The van der Waals surface area contributed by atoms with Gasteiger partial charge in [0.1, 0.15) is 11.3 Å². The highest BCUT2D eigenvalue weighted by Crippen LogP contribution is 2.24. The maximum Gasteiger partial charge on any atom is 0.339 e.